The van der Waals surface area contributed by atoms with Crippen LogP contribution in [0, 0.1) is 17.3 Å². The summed E-state index contributed by atoms with van der Waals surface area (Å²) in [7, 11) is 0. The van der Waals surface area contributed by atoms with Crippen LogP contribution in [0.2, 0.25) is 0 Å². The molecule has 2 aliphatic carbocycles. The Labute approximate surface area is 166 Å². The molecule has 2 N–H and O–H groups in total. The van der Waals surface area contributed by atoms with Crippen molar-refractivity contribution in [2.45, 2.75) is 45.4 Å². The molecule has 3 atom stereocenters. The van der Waals surface area contributed by atoms with E-state index in [0.29, 0.717) is 17.1 Å². The van der Waals surface area contributed by atoms with Crippen LogP contribution in [0.5, 0.6) is 5.75 Å². The number of aliphatic carboxylic acids is 1. The van der Waals surface area contributed by atoms with Crippen LogP contribution in [0.15, 0.2) is 48.5 Å². The van der Waals surface area contributed by atoms with Gasteiger partial charge in [-0.3, -0.25) is 0 Å². The van der Waals surface area contributed by atoms with E-state index in [2.05, 4.69) is 26.8 Å². The lowest BCUT2D eigenvalue weighted by atomic mass is 9.61. The van der Waals surface area contributed by atoms with Crippen LogP contribution in [0.4, 0.5) is 0 Å². The SMILES string of the molecule is CC1C2(c3cc(-c4ccc(/C=C/C(=O)O)cc4)ccc3O)CCC(C2)C1(C)C. The molecule has 3 unspecified atom stereocenters. The Morgan fingerprint density at radius 2 is 1.79 bits per heavy atom. The van der Waals surface area contributed by atoms with Crippen molar-refractivity contribution in [3.05, 3.63) is 59.7 Å². The summed E-state index contributed by atoms with van der Waals surface area (Å²) in [6, 6.07) is 13.8. The maximum Gasteiger partial charge on any atom is 0.328 e. The summed E-state index contributed by atoms with van der Waals surface area (Å²) < 4.78 is 0. The molecule has 0 spiro atoms. The molecule has 3 nitrogen and oxygen atoms in total. The molecule has 4 rings (SSSR count). The summed E-state index contributed by atoms with van der Waals surface area (Å²) in [5, 5.41) is 19.5. The van der Waals surface area contributed by atoms with Crippen molar-refractivity contribution >= 4 is 12.0 Å². The van der Waals surface area contributed by atoms with E-state index >= 15 is 0 Å². The fourth-order valence-corrected chi connectivity index (χ4v) is 5.72. The number of carboxylic acids is 1. The van der Waals surface area contributed by atoms with Gasteiger partial charge in [-0.25, -0.2) is 4.79 Å². The first-order valence-corrected chi connectivity index (χ1v) is 10.1. The molecule has 2 aromatic carbocycles. The predicted molar refractivity (Wildman–Crippen MR) is 112 cm³/mol. The van der Waals surface area contributed by atoms with E-state index in [4.69, 9.17) is 5.11 Å². The molecule has 28 heavy (non-hydrogen) atoms. The number of carbonyl (C=O) groups is 1. The molecule has 0 heterocycles. The highest BCUT2D eigenvalue weighted by Crippen LogP contribution is 2.67. The number of benzene rings is 2. The maximum atomic E-state index is 10.7. The van der Waals surface area contributed by atoms with E-state index in [-0.39, 0.29) is 5.41 Å². The molecule has 0 saturated heterocycles. The van der Waals surface area contributed by atoms with Crippen molar-refractivity contribution in [1.29, 1.82) is 0 Å². The minimum atomic E-state index is -0.949. The Balaban J connectivity index is 1.70. The molecule has 2 aliphatic rings. The van der Waals surface area contributed by atoms with E-state index in [1.54, 1.807) is 6.08 Å². The Morgan fingerprint density at radius 3 is 2.39 bits per heavy atom. The molecule has 2 aromatic rings. The number of hydrogen-bond acceptors (Lipinski definition) is 2. The van der Waals surface area contributed by atoms with Gasteiger partial charge in [0.05, 0.1) is 0 Å². The summed E-state index contributed by atoms with van der Waals surface area (Å²) in [6.45, 7) is 7.12. The summed E-state index contributed by atoms with van der Waals surface area (Å²) >= 11 is 0. The molecule has 0 aliphatic heterocycles. The van der Waals surface area contributed by atoms with Gasteiger partial charge in [0.15, 0.2) is 0 Å². The van der Waals surface area contributed by atoms with Gasteiger partial charge < -0.3 is 10.2 Å². The molecule has 0 aromatic heterocycles. The zero-order chi connectivity index (χ0) is 20.1. The Morgan fingerprint density at radius 1 is 1.11 bits per heavy atom. The number of rotatable bonds is 4. The van der Waals surface area contributed by atoms with Crippen LogP contribution in [0.1, 0.15) is 51.2 Å². The van der Waals surface area contributed by atoms with Gasteiger partial charge in [0, 0.05) is 17.1 Å². The van der Waals surface area contributed by atoms with Crippen molar-refractivity contribution in [1.82, 2.24) is 0 Å². The van der Waals surface area contributed by atoms with E-state index in [9.17, 15) is 9.90 Å². The normalized spacial score (nSPS) is 28.1. The second-order valence-electron chi connectivity index (χ2n) is 9.16. The van der Waals surface area contributed by atoms with E-state index in [1.165, 1.54) is 6.42 Å². The third-order valence-corrected chi connectivity index (χ3v) is 7.74. The van der Waals surface area contributed by atoms with Crippen LogP contribution >= 0.6 is 0 Å². The molecule has 2 saturated carbocycles. The molecule has 0 radical (unpaired) electrons. The number of phenolic OH excluding ortho intramolecular Hbond substituents is 1. The molecule has 2 fully saturated rings. The molecule has 146 valence electrons. The number of aromatic hydroxyl groups is 1. The average Bonchev–Trinajstić information content (AvgIpc) is 3.20. The summed E-state index contributed by atoms with van der Waals surface area (Å²) in [4.78, 5) is 10.7. The second kappa shape index (κ2) is 6.51. The van der Waals surface area contributed by atoms with Gasteiger partial charge in [0.25, 0.3) is 0 Å². The third kappa shape index (κ3) is 2.85. The van der Waals surface area contributed by atoms with Gasteiger partial charge >= 0.3 is 5.97 Å². The standard InChI is InChI=1S/C25H28O3/c1-16-24(2,3)20-12-13-25(16,15-20)21-14-19(9-10-22(21)26)18-7-4-17(5-8-18)6-11-23(27)28/h4-11,14,16,20,26H,12-13,15H2,1-3H3,(H,27,28)/b11-6+. The Bertz CT molecular complexity index is 939. The average molecular weight is 376 g/mol. The van der Waals surface area contributed by atoms with Crippen molar-refractivity contribution < 1.29 is 15.0 Å². The highest BCUT2D eigenvalue weighted by molar-refractivity contribution is 5.85. The third-order valence-electron chi connectivity index (χ3n) is 7.74. The molecule has 3 heteroatoms. The number of phenols is 1. The second-order valence-corrected chi connectivity index (χ2v) is 9.16. The Kier molecular flexibility index (Phi) is 4.37. The van der Waals surface area contributed by atoms with Crippen molar-refractivity contribution in [2.24, 2.45) is 17.3 Å². The minimum absolute atomic E-state index is 0.0679. The molecule has 0 amide bonds. The lowest BCUT2D eigenvalue weighted by Crippen LogP contribution is -2.37. The molecular weight excluding hydrogens is 348 g/mol. The highest BCUT2D eigenvalue weighted by atomic mass is 16.4. The molecular formula is C25H28O3. The number of hydrogen-bond donors (Lipinski definition) is 2. The smallest absolute Gasteiger partial charge is 0.328 e. The lowest BCUT2D eigenvalue weighted by Gasteiger charge is -2.43. The predicted octanol–water partition coefficient (Wildman–Crippen LogP) is 5.87. The summed E-state index contributed by atoms with van der Waals surface area (Å²) in [5.41, 5.74) is 4.49. The zero-order valence-electron chi connectivity index (χ0n) is 16.8. The van der Waals surface area contributed by atoms with Crippen LogP contribution in [0.3, 0.4) is 0 Å². The van der Waals surface area contributed by atoms with Crippen LogP contribution in [-0.2, 0) is 10.2 Å². The van der Waals surface area contributed by atoms with E-state index in [1.807, 2.05) is 36.4 Å². The zero-order valence-corrected chi connectivity index (χ0v) is 16.8. The first-order valence-electron chi connectivity index (χ1n) is 10.1. The fourth-order valence-electron chi connectivity index (χ4n) is 5.72. The molecule has 2 bridgehead atoms. The van der Waals surface area contributed by atoms with Gasteiger partial charge in [0.2, 0.25) is 0 Å². The largest absolute Gasteiger partial charge is 0.508 e. The minimum Gasteiger partial charge on any atom is -0.508 e. The fraction of sp³-hybridized carbons (Fsp3) is 0.400. The van der Waals surface area contributed by atoms with Crippen LogP contribution in [0.25, 0.3) is 17.2 Å². The van der Waals surface area contributed by atoms with Crippen molar-refractivity contribution in [3.8, 4) is 16.9 Å². The van der Waals surface area contributed by atoms with Gasteiger partial charge in [-0.15, -0.1) is 0 Å². The van der Waals surface area contributed by atoms with Gasteiger partial charge in [-0.05, 0) is 71.4 Å². The Hall–Kier alpha value is -2.55. The van der Waals surface area contributed by atoms with Crippen LogP contribution in [-0.4, -0.2) is 16.2 Å². The van der Waals surface area contributed by atoms with E-state index in [0.717, 1.165) is 47.1 Å². The first-order chi connectivity index (χ1) is 13.2. The van der Waals surface area contributed by atoms with Crippen molar-refractivity contribution in [3.63, 3.8) is 0 Å². The van der Waals surface area contributed by atoms with Crippen LogP contribution < -0.4 is 0 Å². The number of carboxylic acid groups (broad SMARTS) is 1. The monoisotopic (exact) mass is 376 g/mol. The number of fused-ring (bicyclic) bond motifs is 2. The lowest BCUT2D eigenvalue weighted by molar-refractivity contribution is -0.131. The first kappa shape index (κ1) is 18.8. The maximum absolute atomic E-state index is 10.7. The van der Waals surface area contributed by atoms with Gasteiger partial charge in [-0.1, -0.05) is 51.1 Å². The van der Waals surface area contributed by atoms with Gasteiger partial charge in [0.1, 0.15) is 5.75 Å². The summed E-state index contributed by atoms with van der Waals surface area (Å²) in [6.07, 6.45) is 6.29. The highest BCUT2D eigenvalue weighted by Gasteiger charge is 2.60. The van der Waals surface area contributed by atoms with Gasteiger partial charge in [-0.2, -0.15) is 0 Å². The van der Waals surface area contributed by atoms with E-state index < -0.39 is 5.97 Å². The summed E-state index contributed by atoms with van der Waals surface area (Å²) in [5.74, 6) is 0.722. The topological polar surface area (TPSA) is 57.5 Å². The quantitative estimate of drug-likeness (QED) is 0.656. The van der Waals surface area contributed by atoms with Crippen molar-refractivity contribution in [2.75, 3.05) is 0 Å².